The third kappa shape index (κ3) is 6.45. The van der Waals surface area contributed by atoms with Crippen molar-refractivity contribution in [3.05, 3.63) is 35.9 Å². The lowest BCUT2D eigenvalue weighted by molar-refractivity contribution is -0.137. The van der Waals surface area contributed by atoms with Crippen molar-refractivity contribution in [3.8, 4) is 0 Å². The Morgan fingerprint density at radius 2 is 1.92 bits per heavy atom. The van der Waals surface area contributed by atoms with Gasteiger partial charge in [0.1, 0.15) is 0 Å². The van der Waals surface area contributed by atoms with Crippen LogP contribution in [0.25, 0.3) is 0 Å². The van der Waals surface area contributed by atoms with E-state index >= 15 is 0 Å². The summed E-state index contributed by atoms with van der Waals surface area (Å²) in [5.74, 6) is -1.40. The van der Waals surface area contributed by atoms with Crippen LogP contribution >= 0.6 is 0 Å². The third-order valence-corrected chi connectivity index (χ3v) is 4.54. The average molecular weight is 347 g/mol. The van der Waals surface area contributed by atoms with Gasteiger partial charge in [-0.15, -0.1) is 0 Å². The second-order valence-electron chi connectivity index (χ2n) is 6.55. The number of rotatable bonds is 8. The van der Waals surface area contributed by atoms with E-state index in [-0.39, 0.29) is 36.4 Å². The second kappa shape index (κ2) is 9.05. The minimum atomic E-state index is -0.889. The molecule has 0 saturated heterocycles. The molecule has 0 radical (unpaired) electrons. The summed E-state index contributed by atoms with van der Waals surface area (Å²) in [7, 11) is 0. The van der Waals surface area contributed by atoms with Crippen LogP contribution < -0.4 is 16.4 Å². The first kappa shape index (κ1) is 18.8. The van der Waals surface area contributed by atoms with Gasteiger partial charge in [-0.2, -0.15) is 0 Å². The van der Waals surface area contributed by atoms with Crippen LogP contribution in [0.1, 0.15) is 37.7 Å². The quantitative estimate of drug-likeness (QED) is 0.568. The number of carbonyl (C=O) groups excluding carboxylic acids is 2. The first-order chi connectivity index (χ1) is 11.9. The molecule has 1 saturated carbocycles. The minimum Gasteiger partial charge on any atom is -0.481 e. The molecular weight excluding hydrogens is 322 g/mol. The molecule has 2 rings (SSSR count). The Morgan fingerprint density at radius 1 is 1.20 bits per heavy atom. The zero-order chi connectivity index (χ0) is 18.2. The molecule has 1 aromatic rings. The Balaban J connectivity index is 1.87. The normalized spacial score (nSPS) is 20.6. The van der Waals surface area contributed by atoms with E-state index in [2.05, 4.69) is 10.6 Å². The van der Waals surface area contributed by atoms with Crippen molar-refractivity contribution < 1.29 is 19.5 Å². The molecule has 0 aromatic heterocycles. The van der Waals surface area contributed by atoms with E-state index in [1.54, 1.807) is 0 Å². The van der Waals surface area contributed by atoms with Gasteiger partial charge in [0.2, 0.25) is 5.91 Å². The van der Waals surface area contributed by atoms with Crippen LogP contribution in [0.4, 0.5) is 4.79 Å². The zero-order valence-electron chi connectivity index (χ0n) is 14.1. The lowest BCUT2D eigenvalue weighted by Gasteiger charge is -2.20. The molecule has 0 heterocycles. The van der Waals surface area contributed by atoms with Crippen molar-refractivity contribution in [2.45, 2.75) is 50.6 Å². The molecule has 1 fully saturated rings. The van der Waals surface area contributed by atoms with Gasteiger partial charge in [0.15, 0.2) is 0 Å². The number of urea groups is 1. The highest BCUT2D eigenvalue weighted by atomic mass is 16.4. The standard InChI is InChI=1S/C18H25N3O4/c19-17(24)13-6-7-15(11-13)21-18(25)20-14(8-9-16(22)23)10-12-4-2-1-3-5-12/h1-5,13-15H,6-11H2,(H2,19,24)(H,22,23)(H2,20,21,25)/t13-,14?,15+/m1/s1. The van der Waals surface area contributed by atoms with Crippen LogP contribution in [0.5, 0.6) is 0 Å². The molecule has 0 spiro atoms. The number of hydrogen-bond acceptors (Lipinski definition) is 3. The van der Waals surface area contributed by atoms with E-state index in [1.807, 2.05) is 30.3 Å². The van der Waals surface area contributed by atoms with Crippen LogP contribution in [0.3, 0.4) is 0 Å². The Kier molecular flexibility index (Phi) is 6.80. The summed E-state index contributed by atoms with van der Waals surface area (Å²) in [6.45, 7) is 0. The Hall–Kier alpha value is -2.57. The number of nitrogens with two attached hydrogens (primary N) is 1. The highest BCUT2D eigenvalue weighted by Gasteiger charge is 2.29. The largest absolute Gasteiger partial charge is 0.481 e. The SMILES string of the molecule is NC(=O)[C@@H]1CC[C@H](NC(=O)NC(CCC(=O)O)Cc2ccccc2)C1. The summed E-state index contributed by atoms with van der Waals surface area (Å²) in [5, 5.41) is 14.6. The highest BCUT2D eigenvalue weighted by Crippen LogP contribution is 2.25. The van der Waals surface area contributed by atoms with E-state index in [4.69, 9.17) is 10.8 Å². The molecule has 7 nitrogen and oxygen atoms in total. The van der Waals surface area contributed by atoms with E-state index in [0.29, 0.717) is 25.7 Å². The summed E-state index contributed by atoms with van der Waals surface area (Å²) in [4.78, 5) is 34.3. The van der Waals surface area contributed by atoms with Crippen LogP contribution in [0, 0.1) is 5.92 Å². The fourth-order valence-electron chi connectivity index (χ4n) is 3.21. The number of hydrogen-bond donors (Lipinski definition) is 4. The Bertz CT molecular complexity index is 606. The number of benzene rings is 1. The molecule has 0 aliphatic heterocycles. The number of primary amides is 1. The maximum atomic E-state index is 12.2. The van der Waals surface area contributed by atoms with Crippen molar-refractivity contribution >= 4 is 17.9 Å². The predicted molar refractivity (Wildman–Crippen MR) is 92.8 cm³/mol. The van der Waals surface area contributed by atoms with Gasteiger partial charge in [0, 0.05) is 24.4 Å². The minimum absolute atomic E-state index is 0.00897. The summed E-state index contributed by atoms with van der Waals surface area (Å²) >= 11 is 0. The number of nitrogens with one attached hydrogen (secondary N) is 2. The fourth-order valence-corrected chi connectivity index (χ4v) is 3.21. The van der Waals surface area contributed by atoms with E-state index in [0.717, 1.165) is 12.0 Å². The van der Waals surface area contributed by atoms with Crippen LogP contribution in [0.15, 0.2) is 30.3 Å². The lowest BCUT2D eigenvalue weighted by Crippen LogP contribution is -2.46. The number of carboxylic acid groups (broad SMARTS) is 1. The predicted octanol–water partition coefficient (Wildman–Crippen LogP) is 1.42. The number of carbonyl (C=O) groups is 3. The topological polar surface area (TPSA) is 122 Å². The van der Waals surface area contributed by atoms with Gasteiger partial charge in [0.05, 0.1) is 0 Å². The third-order valence-electron chi connectivity index (χ3n) is 4.54. The van der Waals surface area contributed by atoms with Crippen LogP contribution in [0.2, 0.25) is 0 Å². The zero-order valence-corrected chi connectivity index (χ0v) is 14.1. The van der Waals surface area contributed by atoms with Crippen LogP contribution in [-0.4, -0.2) is 35.1 Å². The van der Waals surface area contributed by atoms with E-state index in [1.165, 1.54) is 0 Å². The van der Waals surface area contributed by atoms with Gasteiger partial charge in [0.25, 0.3) is 0 Å². The first-order valence-corrected chi connectivity index (χ1v) is 8.56. The van der Waals surface area contributed by atoms with Gasteiger partial charge in [-0.3, -0.25) is 9.59 Å². The molecular formula is C18H25N3O4. The molecule has 136 valence electrons. The maximum Gasteiger partial charge on any atom is 0.315 e. The smallest absolute Gasteiger partial charge is 0.315 e. The monoisotopic (exact) mass is 347 g/mol. The lowest BCUT2D eigenvalue weighted by atomic mass is 10.0. The van der Waals surface area contributed by atoms with E-state index in [9.17, 15) is 14.4 Å². The summed E-state index contributed by atoms with van der Waals surface area (Å²) < 4.78 is 0. The van der Waals surface area contributed by atoms with Gasteiger partial charge in [-0.25, -0.2) is 4.79 Å². The van der Waals surface area contributed by atoms with Crippen molar-refractivity contribution in [1.29, 1.82) is 0 Å². The summed E-state index contributed by atoms with van der Waals surface area (Å²) in [6.07, 6.45) is 2.88. The molecule has 1 aromatic carbocycles. The van der Waals surface area contributed by atoms with Crippen molar-refractivity contribution in [3.63, 3.8) is 0 Å². The van der Waals surface area contributed by atoms with Crippen molar-refractivity contribution in [2.24, 2.45) is 11.7 Å². The van der Waals surface area contributed by atoms with Gasteiger partial charge < -0.3 is 21.5 Å². The molecule has 1 aliphatic rings. The summed E-state index contributed by atoms with van der Waals surface area (Å²) in [5.41, 5.74) is 6.34. The summed E-state index contributed by atoms with van der Waals surface area (Å²) in [6, 6.07) is 8.94. The van der Waals surface area contributed by atoms with Crippen LogP contribution in [-0.2, 0) is 16.0 Å². The van der Waals surface area contributed by atoms with Gasteiger partial charge in [-0.05, 0) is 37.7 Å². The maximum absolute atomic E-state index is 12.2. The molecule has 5 N–H and O–H groups in total. The van der Waals surface area contributed by atoms with E-state index < -0.39 is 5.97 Å². The highest BCUT2D eigenvalue weighted by molar-refractivity contribution is 5.78. The molecule has 0 bridgehead atoms. The number of amides is 3. The molecule has 3 amide bonds. The van der Waals surface area contributed by atoms with Gasteiger partial charge in [-0.1, -0.05) is 30.3 Å². The molecule has 1 aliphatic carbocycles. The molecule has 7 heteroatoms. The van der Waals surface area contributed by atoms with Crippen molar-refractivity contribution in [2.75, 3.05) is 0 Å². The number of carboxylic acids is 1. The molecule has 25 heavy (non-hydrogen) atoms. The first-order valence-electron chi connectivity index (χ1n) is 8.56. The second-order valence-corrected chi connectivity index (χ2v) is 6.55. The number of aliphatic carboxylic acids is 1. The van der Waals surface area contributed by atoms with Crippen molar-refractivity contribution in [1.82, 2.24) is 10.6 Å². The Morgan fingerprint density at radius 3 is 2.52 bits per heavy atom. The van der Waals surface area contributed by atoms with Gasteiger partial charge >= 0.3 is 12.0 Å². The molecule has 1 unspecified atom stereocenters. The average Bonchev–Trinajstić information content (AvgIpc) is 3.02. The molecule has 3 atom stereocenters. The Labute approximate surface area is 147 Å². The fraction of sp³-hybridized carbons (Fsp3) is 0.500.